The maximum atomic E-state index is 12.1. The van der Waals surface area contributed by atoms with E-state index in [4.69, 9.17) is 5.26 Å². The molecule has 1 aromatic rings. The first-order valence-electron chi connectivity index (χ1n) is 6.67. The van der Waals surface area contributed by atoms with Crippen molar-refractivity contribution in [2.45, 2.75) is 38.6 Å². The van der Waals surface area contributed by atoms with Gasteiger partial charge in [0.05, 0.1) is 0 Å². The highest BCUT2D eigenvalue weighted by Gasteiger charge is 2.23. The minimum Gasteiger partial charge on any atom is -0.348 e. The van der Waals surface area contributed by atoms with Gasteiger partial charge in [-0.05, 0) is 36.3 Å². The molecule has 1 aromatic heterocycles. The van der Waals surface area contributed by atoms with Crippen LogP contribution in [0.25, 0.3) is 6.08 Å². The van der Waals surface area contributed by atoms with Crippen LogP contribution in [0.1, 0.15) is 37.5 Å². The SMILES string of the molecule is C[C@H]1CCCC[C@H]1NC(=O)/C(C#N)=C\c1cccs1. The molecule has 1 aliphatic carbocycles. The van der Waals surface area contributed by atoms with E-state index in [1.165, 1.54) is 17.8 Å². The minimum atomic E-state index is -0.241. The fourth-order valence-electron chi connectivity index (χ4n) is 2.44. The Labute approximate surface area is 117 Å². The number of amides is 1. The van der Waals surface area contributed by atoms with Gasteiger partial charge < -0.3 is 5.32 Å². The number of carbonyl (C=O) groups is 1. The Morgan fingerprint density at radius 1 is 1.53 bits per heavy atom. The standard InChI is InChI=1S/C15H18N2OS/c1-11-5-2-3-7-14(11)17-15(18)12(10-16)9-13-6-4-8-19-13/h4,6,8-9,11,14H,2-3,5,7H2,1H3,(H,17,18)/b12-9-/t11-,14+/m0/s1. The third kappa shape index (κ3) is 3.68. The average Bonchev–Trinajstić information content (AvgIpc) is 2.91. The van der Waals surface area contributed by atoms with E-state index in [1.54, 1.807) is 6.08 Å². The van der Waals surface area contributed by atoms with E-state index < -0.39 is 0 Å². The fourth-order valence-corrected chi connectivity index (χ4v) is 3.10. The lowest BCUT2D eigenvalue weighted by Gasteiger charge is -2.29. The van der Waals surface area contributed by atoms with Gasteiger partial charge in [-0.15, -0.1) is 11.3 Å². The van der Waals surface area contributed by atoms with E-state index in [0.29, 0.717) is 5.92 Å². The second-order valence-electron chi connectivity index (χ2n) is 5.03. The molecule has 0 spiro atoms. The molecule has 1 N–H and O–H groups in total. The summed E-state index contributed by atoms with van der Waals surface area (Å²) in [7, 11) is 0. The topological polar surface area (TPSA) is 52.9 Å². The zero-order valence-electron chi connectivity index (χ0n) is 11.1. The van der Waals surface area contributed by atoms with Gasteiger partial charge in [0.25, 0.3) is 5.91 Å². The second kappa shape index (κ2) is 6.53. The van der Waals surface area contributed by atoms with Crippen LogP contribution in [0, 0.1) is 17.2 Å². The average molecular weight is 274 g/mol. The summed E-state index contributed by atoms with van der Waals surface area (Å²) >= 11 is 1.52. The molecule has 100 valence electrons. The van der Waals surface area contributed by atoms with Crippen LogP contribution in [-0.2, 0) is 4.79 Å². The largest absolute Gasteiger partial charge is 0.348 e. The summed E-state index contributed by atoms with van der Waals surface area (Å²) in [5, 5.41) is 14.1. The first-order valence-corrected chi connectivity index (χ1v) is 7.55. The van der Waals surface area contributed by atoms with Crippen molar-refractivity contribution in [1.82, 2.24) is 5.32 Å². The highest BCUT2D eigenvalue weighted by molar-refractivity contribution is 7.10. The van der Waals surface area contributed by atoms with Gasteiger partial charge in [0.1, 0.15) is 11.6 Å². The molecule has 2 atom stereocenters. The Morgan fingerprint density at radius 2 is 2.32 bits per heavy atom. The first kappa shape index (κ1) is 13.8. The number of nitriles is 1. The lowest BCUT2D eigenvalue weighted by molar-refractivity contribution is -0.118. The number of thiophene rings is 1. The molecule has 4 heteroatoms. The molecule has 0 saturated heterocycles. The lowest BCUT2D eigenvalue weighted by Crippen LogP contribution is -2.41. The molecular formula is C15H18N2OS. The van der Waals surface area contributed by atoms with Crippen LogP contribution in [0.5, 0.6) is 0 Å². The lowest BCUT2D eigenvalue weighted by atomic mass is 9.86. The van der Waals surface area contributed by atoms with Crippen LogP contribution in [-0.4, -0.2) is 11.9 Å². The van der Waals surface area contributed by atoms with Crippen LogP contribution in [0.3, 0.4) is 0 Å². The molecule has 1 aliphatic rings. The fraction of sp³-hybridized carbons (Fsp3) is 0.467. The Bertz CT molecular complexity index is 499. The number of rotatable bonds is 3. The van der Waals surface area contributed by atoms with Crippen molar-refractivity contribution in [3.63, 3.8) is 0 Å². The molecule has 1 amide bonds. The van der Waals surface area contributed by atoms with Crippen LogP contribution in [0.4, 0.5) is 0 Å². The highest BCUT2D eigenvalue weighted by atomic mass is 32.1. The maximum absolute atomic E-state index is 12.1. The van der Waals surface area contributed by atoms with Crippen molar-refractivity contribution < 1.29 is 4.79 Å². The molecule has 0 aromatic carbocycles. The summed E-state index contributed by atoms with van der Waals surface area (Å²) < 4.78 is 0. The third-order valence-corrected chi connectivity index (χ3v) is 4.44. The van der Waals surface area contributed by atoms with Gasteiger partial charge in [-0.25, -0.2) is 0 Å². The smallest absolute Gasteiger partial charge is 0.262 e. The molecule has 0 aliphatic heterocycles. The third-order valence-electron chi connectivity index (χ3n) is 3.62. The van der Waals surface area contributed by atoms with E-state index >= 15 is 0 Å². The quantitative estimate of drug-likeness (QED) is 0.679. The predicted octanol–water partition coefficient (Wildman–Crippen LogP) is 3.35. The summed E-state index contributed by atoms with van der Waals surface area (Å²) in [5.41, 5.74) is 0.195. The number of nitrogens with one attached hydrogen (secondary N) is 1. The molecule has 19 heavy (non-hydrogen) atoms. The zero-order chi connectivity index (χ0) is 13.7. The molecule has 0 unspecified atom stereocenters. The molecule has 0 radical (unpaired) electrons. The Morgan fingerprint density at radius 3 is 2.95 bits per heavy atom. The molecule has 3 nitrogen and oxygen atoms in total. The van der Waals surface area contributed by atoms with Gasteiger partial charge in [-0.3, -0.25) is 4.79 Å². The molecular weight excluding hydrogens is 256 g/mol. The Balaban J connectivity index is 2.03. The van der Waals surface area contributed by atoms with Crippen molar-refractivity contribution in [2.24, 2.45) is 5.92 Å². The zero-order valence-corrected chi connectivity index (χ0v) is 11.9. The Hall–Kier alpha value is -1.60. The Kier molecular flexibility index (Phi) is 4.75. The summed E-state index contributed by atoms with van der Waals surface area (Å²) in [6.07, 6.45) is 6.23. The molecule has 1 heterocycles. The van der Waals surface area contributed by atoms with Crippen molar-refractivity contribution >= 4 is 23.3 Å². The predicted molar refractivity (Wildman–Crippen MR) is 77.5 cm³/mol. The van der Waals surface area contributed by atoms with Crippen LogP contribution in [0.2, 0.25) is 0 Å². The minimum absolute atomic E-state index is 0.195. The number of nitrogens with zero attached hydrogens (tertiary/aromatic N) is 1. The summed E-state index contributed by atoms with van der Waals surface area (Å²) in [4.78, 5) is 13.1. The van der Waals surface area contributed by atoms with Gasteiger partial charge in [-0.1, -0.05) is 25.8 Å². The van der Waals surface area contributed by atoms with Gasteiger partial charge in [0.15, 0.2) is 0 Å². The van der Waals surface area contributed by atoms with Gasteiger partial charge >= 0.3 is 0 Å². The van der Waals surface area contributed by atoms with Crippen molar-refractivity contribution in [1.29, 1.82) is 5.26 Å². The summed E-state index contributed by atoms with van der Waals surface area (Å²) in [6, 6.07) is 6.02. The van der Waals surface area contributed by atoms with Crippen LogP contribution in [0.15, 0.2) is 23.1 Å². The maximum Gasteiger partial charge on any atom is 0.262 e. The van der Waals surface area contributed by atoms with Crippen LogP contribution < -0.4 is 5.32 Å². The number of hydrogen-bond donors (Lipinski definition) is 1. The molecule has 2 rings (SSSR count). The van der Waals surface area contributed by atoms with Gasteiger partial charge in [0, 0.05) is 10.9 Å². The van der Waals surface area contributed by atoms with Crippen molar-refractivity contribution in [3.8, 4) is 6.07 Å². The monoisotopic (exact) mass is 274 g/mol. The number of carbonyl (C=O) groups excluding carboxylic acids is 1. The highest BCUT2D eigenvalue weighted by Crippen LogP contribution is 2.24. The van der Waals surface area contributed by atoms with E-state index in [-0.39, 0.29) is 17.5 Å². The first-order chi connectivity index (χ1) is 9.20. The molecule has 1 fully saturated rings. The normalized spacial score (nSPS) is 23.7. The van der Waals surface area contributed by atoms with E-state index in [2.05, 4.69) is 12.2 Å². The molecule has 1 saturated carbocycles. The van der Waals surface area contributed by atoms with E-state index in [1.807, 2.05) is 23.6 Å². The van der Waals surface area contributed by atoms with Crippen molar-refractivity contribution in [3.05, 3.63) is 28.0 Å². The van der Waals surface area contributed by atoms with Crippen molar-refractivity contribution in [2.75, 3.05) is 0 Å². The number of hydrogen-bond acceptors (Lipinski definition) is 3. The van der Waals surface area contributed by atoms with E-state index in [0.717, 1.165) is 24.1 Å². The van der Waals surface area contributed by atoms with Crippen LogP contribution >= 0.6 is 11.3 Å². The van der Waals surface area contributed by atoms with E-state index in [9.17, 15) is 4.79 Å². The summed E-state index contributed by atoms with van der Waals surface area (Å²) in [6.45, 7) is 2.17. The van der Waals surface area contributed by atoms with Gasteiger partial charge in [0.2, 0.25) is 0 Å². The molecule has 0 bridgehead atoms. The summed E-state index contributed by atoms with van der Waals surface area (Å²) in [5.74, 6) is 0.258. The second-order valence-corrected chi connectivity index (χ2v) is 6.01. The van der Waals surface area contributed by atoms with Gasteiger partial charge in [-0.2, -0.15) is 5.26 Å².